The summed E-state index contributed by atoms with van der Waals surface area (Å²) in [4.78, 5) is 73.3. The molecule has 6 aliphatic rings. The number of ether oxygens (including phenoxy) is 2. The van der Waals surface area contributed by atoms with E-state index in [1.807, 2.05) is 0 Å². The lowest BCUT2D eigenvalue weighted by Crippen LogP contribution is -2.44. The number of nitrogens with zero attached hydrogens (tertiary/aromatic N) is 4. The van der Waals surface area contributed by atoms with Crippen molar-refractivity contribution in [1.29, 1.82) is 0 Å². The number of halogens is 2. The van der Waals surface area contributed by atoms with Crippen LogP contribution >= 0.6 is 0 Å². The molecule has 15 nitrogen and oxygen atoms in total. The molecule has 0 saturated carbocycles. The Morgan fingerprint density at radius 1 is 0.731 bits per heavy atom. The number of benzene rings is 2. The van der Waals surface area contributed by atoms with E-state index in [4.69, 9.17) is 25.2 Å². The van der Waals surface area contributed by atoms with Gasteiger partial charge in [-0.05, 0) is 97.9 Å². The predicted octanol–water partition coefficient (Wildman–Crippen LogP) is 5.12. The molecule has 4 atom stereocenters. The number of pyridine rings is 4. The Hall–Kier alpha value is -6.69. The van der Waals surface area contributed by atoms with Gasteiger partial charge in [-0.15, -0.1) is 0 Å². The zero-order chi connectivity index (χ0) is 47.3. The maximum atomic E-state index is 14.8. The van der Waals surface area contributed by atoms with Crippen molar-refractivity contribution >= 4 is 39.7 Å². The van der Waals surface area contributed by atoms with Crippen LogP contribution in [-0.2, 0) is 74.2 Å². The molecule has 0 saturated heterocycles. The Bertz CT molecular complexity index is 3450. The minimum Gasteiger partial charge on any atom is -0.458 e. The van der Waals surface area contributed by atoms with Crippen LogP contribution in [-0.4, -0.2) is 47.2 Å². The highest BCUT2D eigenvalue weighted by Gasteiger charge is 2.47. The molecule has 8 heterocycles. The number of rotatable bonds is 3. The van der Waals surface area contributed by atoms with Gasteiger partial charge < -0.3 is 39.9 Å². The van der Waals surface area contributed by atoms with E-state index in [9.17, 15) is 43.0 Å². The third-order valence-corrected chi connectivity index (χ3v) is 15.2. The number of hydrogen-bond donors (Lipinski definition) is 4. The molecule has 17 heteroatoms. The monoisotopic (exact) mass is 912 g/mol. The molecule has 0 bridgehead atoms. The van der Waals surface area contributed by atoms with Gasteiger partial charge in [-0.3, -0.25) is 14.4 Å². The SMILES string of the molecule is CC[C@@]1(O)C(=O)OCc2c1cc1n(c2=O)Cc2c-1nc1cc(F)c(C)c3c1c2C(NC(C)=O)CC3.CC[C@@]1(O)C(=O)OCc2c1cc1n(c2=O)Cc2c-1nc1cc(F)c(C)c3c1c2[C@@H](N)CC3. The van der Waals surface area contributed by atoms with Crippen LogP contribution in [0.25, 0.3) is 44.6 Å². The zero-order valence-electron chi connectivity index (χ0n) is 37.4. The van der Waals surface area contributed by atoms with Crippen molar-refractivity contribution in [2.24, 2.45) is 5.73 Å². The number of cyclic esters (lactones) is 2. The van der Waals surface area contributed by atoms with E-state index in [2.05, 4.69) is 5.32 Å². The van der Waals surface area contributed by atoms with Gasteiger partial charge in [-0.1, -0.05) is 13.8 Å². The molecule has 4 aliphatic heterocycles. The molecule has 0 radical (unpaired) electrons. The fourth-order valence-electron chi connectivity index (χ4n) is 11.5. The van der Waals surface area contributed by atoms with Gasteiger partial charge in [0, 0.05) is 58.1 Å². The molecule has 0 fully saturated rings. The van der Waals surface area contributed by atoms with E-state index in [1.54, 1.807) is 49.0 Å². The number of nitrogens with two attached hydrogens (primary N) is 1. The predicted molar refractivity (Wildman–Crippen MR) is 239 cm³/mol. The minimum atomic E-state index is -1.93. The van der Waals surface area contributed by atoms with Gasteiger partial charge in [0.05, 0.1) is 64.1 Å². The van der Waals surface area contributed by atoms with Crippen LogP contribution in [0.15, 0.2) is 33.9 Å². The number of nitrogens with one attached hydrogen (secondary N) is 1. The number of aliphatic hydroxyl groups is 2. The minimum absolute atomic E-state index is 0.0451. The summed E-state index contributed by atoms with van der Waals surface area (Å²) in [5.41, 5.74) is 12.4. The van der Waals surface area contributed by atoms with Gasteiger partial charge in [0.25, 0.3) is 11.1 Å². The van der Waals surface area contributed by atoms with Crippen molar-refractivity contribution in [3.8, 4) is 22.8 Å². The molecule has 6 aromatic rings. The molecule has 2 aliphatic carbocycles. The number of hydrogen-bond acceptors (Lipinski definition) is 12. The lowest BCUT2D eigenvalue weighted by molar-refractivity contribution is -0.172. The first-order valence-electron chi connectivity index (χ1n) is 22.6. The lowest BCUT2D eigenvalue weighted by Gasteiger charge is -2.31. The van der Waals surface area contributed by atoms with Gasteiger partial charge in [0.15, 0.2) is 11.2 Å². The van der Waals surface area contributed by atoms with Crippen molar-refractivity contribution < 1.29 is 42.9 Å². The quantitative estimate of drug-likeness (QED) is 0.170. The van der Waals surface area contributed by atoms with E-state index in [1.165, 1.54) is 19.1 Å². The highest BCUT2D eigenvalue weighted by Crippen LogP contribution is 2.48. The second kappa shape index (κ2) is 14.7. The molecule has 0 spiro atoms. The smallest absolute Gasteiger partial charge is 0.343 e. The van der Waals surface area contributed by atoms with Crippen molar-refractivity contribution in [3.05, 3.63) is 123 Å². The van der Waals surface area contributed by atoms with E-state index in [0.717, 1.165) is 44.2 Å². The van der Waals surface area contributed by atoms with Crippen LogP contribution in [0.4, 0.5) is 8.78 Å². The second-order valence-corrected chi connectivity index (χ2v) is 18.6. The van der Waals surface area contributed by atoms with Gasteiger partial charge in [-0.25, -0.2) is 28.3 Å². The fourth-order valence-corrected chi connectivity index (χ4v) is 11.5. The maximum absolute atomic E-state index is 14.8. The molecular weight excluding hydrogens is 867 g/mol. The number of carbonyl (C=O) groups is 3. The number of amides is 1. The van der Waals surface area contributed by atoms with Crippen LogP contribution in [0.5, 0.6) is 0 Å². The van der Waals surface area contributed by atoms with Gasteiger partial charge >= 0.3 is 11.9 Å². The Kier molecular flexibility index (Phi) is 9.39. The topological polar surface area (TPSA) is 218 Å². The maximum Gasteiger partial charge on any atom is 0.343 e. The molecule has 5 N–H and O–H groups in total. The highest BCUT2D eigenvalue weighted by molar-refractivity contribution is 5.95. The molecule has 1 unspecified atom stereocenters. The van der Waals surface area contributed by atoms with E-state index in [-0.39, 0.29) is 102 Å². The lowest BCUT2D eigenvalue weighted by atomic mass is 9.81. The summed E-state index contributed by atoms with van der Waals surface area (Å²) in [7, 11) is 0. The number of aryl methyl sites for hydroxylation is 2. The molecule has 4 aromatic heterocycles. The van der Waals surface area contributed by atoms with E-state index < -0.39 is 23.1 Å². The number of fused-ring (bicyclic) bond motifs is 10. The summed E-state index contributed by atoms with van der Waals surface area (Å²) in [5, 5.41) is 26.8. The normalized spacial score (nSPS) is 22.4. The fraction of sp³-hybridized carbons (Fsp3) is 0.380. The molecular formula is C50H46F2N6O9. The molecule has 1 amide bonds. The Morgan fingerprint density at radius 2 is 1.18 bits per heavy atom. The van der Waals surface area contributed by atoms with Crippen LogP contribution < -0.4 is 22.2 Å². The van der Waals surface area contributed by atoms with E-state index >= 15 is 0 Å². The summed E-state index contributed by atoms with van der Waals surface area (Å²) in [6.45, 7) is 8.41. The third kappa shape index (κ3) is 5.80. The summed E-state index contributed by atoms with van der Waals surface area (Å²) >= 11 is 0. The molecule has 12 rings (SSSR count). The average Bonchev–Trinajstić information content (AvgIpc) is 3.87. The van der Waals surface area contributed by atoms with Crippen LogP contribution in [0.3, 0.4) is 0 Å². The van der Waals surface area contributed by atoms with Crippen molar-refractivity contribution in [2.45, 2.75) is 123 Å². The largest absolute Gasteiger partial charge is 0.458 e. The summed E-state index contributed by atoms with van der Waals surface area (Å²) in [6.07, 6.45) is 2.68. The highest BCUT2D eigenvalue weighted by atomic mass is 19.1. The van der Waals surface area contributed by atoms with Crippen LogP contribution in [0, 0.1) is 25.5 Å². The zero-order valence-corrected chi connectivity index (χ0v) is 37.4. The Balaban J connectivity index is 0.000000148. The van der Waals surface area contributed by atoms with Crippen LogP contribution in [0.2, 0.25) is 0 Å². The van der Waals surface area contributed by atoms with Crippen molar-refractivity contribution in [2.75, 3.05) is 0 Å². The Labute approximate surface area is 380 Å². The molecule has 67 heavy (non-hydrogen) atoms. The molecule has 2 aromatic carbocycles. The first-order valence-corrected chi connectivity index (χ1v) is 22.6. The summed E-state index contributed by atoms with van der Waals surface area (Å²) in [5.74, 6) is -2.40. The first-order chi connectivity index (χ1) is 31.9. The molecule has 344 valence electrons. The van der Waals surface area contributed by atoms with Crippen molar-refractivity contribution in [3.63, 3.8) is 0 Å². The number of aromatic nitrogens is 4. The first kappa shape index (κ1) is 42.9. The average molecular weight is 913 g/mol. The number of carbonyl (C=O) groups excluding carboxylic acids is 3. The summed E-state index contributed by atoms with van der Waals surface area (Å²) < 4.78 is 42.9. The third-order valence-electron chi connectivity index (χ3n) is 15.2. The van der Waals surface area contributed by atoms with Crippen LogP contribution in [0.1, 0.15) is 125 Å². The van der Waals surface area contributed by atoms with E-state index in [0.29, 0.717) is 70.6 Å². The van der Waals surface area contributed by atoms with Crippen molar-refractivity contribution in [1.82, 2.24) is 24.4 Å². The van der Waals surface area contributed by atoms with Gasteiger partial charge in [0.2, 0.25) is 5.91 Å². The Morgan fingerprint density at radius 3 is 1.64 bits per heavy atom. The number of esters is 2. The van der Waals surface area contributed by atoms with Gasteiger partial charge in [-0.2, -0.15) is 0 Å². The summed E-state index contributed by atoms with van der Waals surface area (Å²) in [6, 6.07) is 5.57. The van der Waals surface area contributed by atoms with Gasteiger partial charge in [0.1, 0.15) is 24.8 Å². The standard InChI is InChI=1S/C26H24FN3O5.C24H22FN3O4/c1-4-26(34)16-7-20-23-14(9-30(20)24(32)15(16)10-35-25(26)33)22-18(28-12(3)31)6-5-13-11(2)17(27)8-19(29-23)21(13)22;1-3-24(31)14-6-18-21-12(8-28(18)22(29)13(14)9-32-23(24)30)19-16(26)5-4-11-10(2)15(25)7-17(27-21)20(11)19/h7-8,18,34H,4-6,9-10H2,1-3H3,(H,28,31);6-7,16,31H,3-5,8-9,26H2,1-2H3/t18?,26-;16-,24-/m00/s1. The second-order valence-electron chi connectivity index (χ2n) is 18.6.